The molecular formula is C58H91NO3. The lowest BCUT2D eigenvalue weighted by Crippen LogP contribution is -1.99. The Labute approximate surface area is 382 Å². The topological polar surface area (TPSA) is 75.7 Å². The Bertz CT molecular complexity index is 1830. The zero-order chi connectivity index (χ0) is 46.5. The number of nitrogens with two attached hydrogens (primary N) is 1. The molecule has 0 bridgehead atoms. The molecule has 4 heteroatoms. The van der Waals surface area contributed by atoms with E-state index in [0.717, 1.165) is 96.3 Å². The second kappa shape index (κ2) is 32.5. The molecule has 0 spiro atoms. The Morgan fingerprint density at radius 1 is 0.403 bits per heavy atom. The third-order valence-electron chi connectivity index (χ3n) is 12.0. The van der Waals surface area contributed by atoms with Crippen LogP contribution in [-0.4, -0.2) is 17.3 Å². The first-order valence-corrected chi connectivity index (χ1v) is 23.9. The van der Waals surface area contributed by atoms with E-state index in [1.165, 1.54) is 82.1 Å². The third-order valence-corrected chi connectivity index (χ3v) is 12.0. The van der Waals surface area contributed by atoms with Crippen molar-refractivity contribution in [3.05, 3.63) is 128 Å². The molecule has 0 aromatic heterocycles. The number of allylic oxidation sites excluding steroid dienone is 20. The Balaban J connectivity index is 2.30. The maximum atomic E-state index is 10.6. The van der Waals surface area contributed by atoms with E-state index in [1.807, 2.05) is 0 Å². The molecule has 1 aromatic carbocycles. The van der Waals surface area contributed by atoms with E-state index in [1.54, 1.807) is 6.92 Å². The van der Waals surface area contributed by atoms with Crippen LogP contribution in [0, 0.1) is 6.92 Å². The zero-order valence-corrected chi connectivity index (χ0v) is 42.1. The molecule has 4 N–H and O–H groups in total. The van der Waals surface area contributed by atoms with Gasteiger partial charge in [0, 0.05) is 11.1 Å². The normalized spacial score (nSPS) is 14.2. The van der Waals surface area contributed by atoms with Crippen LogP contribution >= 0.6 is 0 Å². The van der Waals surface area contributed by atoms with Crippen LogP contribution in [0.15, 0.2) is 116 Å². The SMILES string of the molecule is COc1c(N)c(O)c(C)c(C/C=C(\C)CC/C=C(\C)CC/C=C(\C)CC/C=C(\C)CC/C=C(\C)CC/C=C(\C)CC/C=C(\C)CC/C=C(\C)CC/C=C(\C)CCC=C(C)C)c1O. The lowest BCUT2D eigenvalue weighted by molar-refractivity contribution is 0.368. The third kappa shape index (κ3) is 25.7. The largest absolute Gasteiger partial charge is 0.505 e. The smallest absolute Gasteiger partial charge is 0.187 e. The number of hydrogen-bond donors (Lipinski definition) is 3. The van der Waals surface area contributed by atoms with Gasteiger partial charge < -0.3 is 20.7 Å². The van der Waals surface area contributed by atoms with Gasteiger partial charge in [-0.05, 0) is 205 Å². The van der Waals surface area contributed by atoms with Gasteiger partial charge in [-0.25, -0.2) is 0 Å². The van der Waals surface area contributed by atoms with Crippen molar-refractivity contribution in [2.45, 2.75) is 205 Å². The molecule has 0 saturated heterocycles. The highest BCUT2D eigenvalue weighted by Gasteiger charge is 2.19. The number of benzene rings is 1. The first-order valence-electron chi connectivity index (χ1n) is 23.9. The fraction of sp³-hybridized carbons (Fsp3) is 0.552. The summed E-state index contributed by atoms with van der Waals surface area (Å²) in [5, 5.41) is 21.0. The van der Waals surface area contributed by atoms with E-state index in [9.17, 15) is 10.2 Å². The molecule has 0 radical (unpaired) electrons. The summed E-state index contributed by atoms with van der Waals surface area (Å²) in [5.41, 5.74) is 21.9. The molecule has 0 amide bonds. The fourth-order valence-corrected chi connectivity index (χ4v) is 7.50. The molecule has 346 valence electrons. The molecule has 0 fully saturated rings. The number of nitrogen functional groups attached to an aromatic ring is 1. The summed E-state index contributed by atoms with van der Waals surface area (Å²) in [4.78, 5) is 0. The van der Waals surface area contributed by atoms with Gasteiger partial charge in [0.25, 0.3) is 0 Å². The highest BCUT2D eigenvalue weighted by molar-refractivity contribution is 5.73. The first kappa shape index (κ1) is 55.8. The van der Waals surface area contributed by atoms with Crippen LogP contribution < -0.4 is 10.5 Å². The predicted molar refractivity (Wildman–Crippen MR) is 276 cm³/mol. The van der Waals surface area contributed by atoms with Crippen molar-refractivity contribution in [3.8, 4) is 17.2 Å². The summed E-state index contributed by atoms with van der Waals surface area (Å²) in [6.45, 7) is 26.5. The van der Waals surface area contributed by atoms with Crippen LogP contribution in [0.5, 0.6) is 17.2 Å². The van der Waals surface area contributed by atoms with E-state index in [4.69, 9.17) is 10.5 Å². The van der Waals surface area contributed by atoms with Crippen molar-refractivity contribution in [1.29, 1.82) is 0 Å². The fourth-order valence-electron chi connectivity index (χ4n) is 7.50. The van der Waals surface area contributed by atoms with Gasteiger partial charge in [-0.15, -0.1) is 0 Å². The molecule has 0 unspecified atom stereocenters. The standard InChI is InChI=1S/C58H91NO3/c1-43(2)23-14-24-44(3)25-15-26-45(4)27-16-28-46(5)29-17-30-47(6)31-18-32-48(7)33-19-34-49(8)35-20-36-50(9)37-21-38-51(10)39-22-40-52(11)41-42-54-53(12)56(60)55(59)58(62-13)57(54)61/h23,25,27,29,31,33,35,37,39,41,60-61H,14-22,24,26,28,30,32,34,36,38,40,42,59H2,1-13H3/b44-25+,45-27+,46-29+,47-31+,48-33+,49-35+,50-37+,51-39+,52-41+. The number of phenols is 2. The number of ether oxygens (including phenoxy) is 1. The maximum Gasteiger partial charge on any atom is 0.187 e. The van der Waals surface area contributed by atoms with Gasteiger partial charge >= 0.3 is 0 Å². The highest BCUT2D eigenvalue weighted by Crippen LogP contribution is 2.45. The van der Waals surface area contributed by atoms with Gasteiger partial charge in [-0.2, -0.15) is 0 Å². The molecule has 1 aromatic rings. The van der Waals surface area contributed by atoms with Gasteiger partial charge in [0.05, 0.1) is 7.11 Å². The van der Waals surface area contributed by atoms with Crippen LogP contribution in [0.2, 0.25) is 0 Å². The van der Waals surface area contributed by atoms with Crippen LogP contribution in [-0.2, 0) is 6.42 Å². The molecule has 0 aliphatic heterocycles. The second-order valence-electron chi connectivity index (χ2n) is 18.5. The average molecular weight is 850 g/mol. The number of methoxy groups -OCH3 is 1. The van der Waals surface area contributed by atoms with Gasteiger partial charge in [-0.1, -0.05) is 116 Å². The average Bonchev–Trinajstić information content (AvgIpc) is 3.20. The summed E-state index contributed by atoms with van der Waals surface area (Å²) in [6, 6.07) is 0. The molecule has 4 nitrogen and oxygen atoms in total. The molecule has 62 heavy (non-hydrogen) atoms. The minimum atomic E-state index is -0.0284. The molecule has 1 rings (SSSR count). The van der Waals surface area contributed by atoms with E-state index >= 15 is 0 Å². The Kier molecular flexibility index (Phi) is 29.3. The van der Waals surface area contributed by atoms with Crippen molar-refractivity contribution < 1.29 is 14.9 Å². The number of anilines is 1. The van der Waals surface area contributed by atoms with Gasteiger partial charge in [0.2, 0.25) is 0 Å². The zero-order valence-electron chi connectivity index (χ0n) is 42.1. The molecule has 0 saturated carbocycles. The number of hydrogen-bond acceptors (Lipinski definition) is 4. The number of aromatic hydroxyl groups is 2. The molecule has 0 atom stereocenters. The van der Waals surface area contributed by atoms with E-state index in [0.29, 0.717) is 17.5 Å². The van der Waals surface area contributed by atoms with Gasteiger partial charge in [0.1, 0.15) is 11.4 Å². The van der Waals surface area contributed by atoms with Gasteiger partial charge in [0.15, 0.2) is 11.5 Å². The first-order chi connectivity index (χ1) is 29.4. The molecule has 0 heterocycles. The molecule has 0 aliphatic carbocycles. The Hall–Kier alpha value is -4.18. The molecule has 0 aliphatic rings. The van der Waals surface area contributed by atoms with E-state index in [-0.39, 0.29) is 22.9 Å². The summed E-state index contributed by atoms with van der Waals surface area (Å²) in [6.07, 6.45) is 44.6. The number of rotatable bonds is 30. The Morgan fingerprint density at radius 2 is 0.645 bits per heavy atom. The van der Waals surface area contributed by atoms with E-state index < -0.39 is 0 Å². The van der Waals surface area contributed by atoms with Crippen LogP contribution in [0.25, 0.3) is 0 Å². The molecular weight excluding hydrogens is 759 g/mol. The summed E-state index contributed by atoms with van der Waals surface area (Å²) >= 11 is 0. The maximum absolute atomic E-state index is 10.6. The van der Waals surface area contributed by atoms with Crippen molar-refractivity contribution >= 4 is 5.69 Å². The van der Waals surface area contributed by atoms with Gasteiger partial charge in [-0.3, -0.25) is 0 Å². The predicted octanol–water partition coefficient (Wildman–Crippen LogP) is 18.0. The minimum absolute atomic E-state index is 0.00290. The highest BCUT2D eigenvalue weighted by atomic mass is 16.5. The number of phenolic OH excluding ortho intramolecular Hbond substituents is 2. The summed E-state index contributed by atoms with van der Waals surface area (Å²) < 4.78 is 5.21. The van der Waals surface area contributed by atoms with Crippen molar-refractivity contribution in [2.24, 2.45) is 0 Å². The quantitative estimate of drug-likeness (QED) is 0.0312. The lowest BCUT2D eigenvalue weighted by atomic mass is 9.99. The monoisotopic (exact) mass is 850 g/mol. The van der Waals surface area contributed by atoms with Crippen molar-refractivity contribution in [2.75, 3.05) is 12.8 Å². The van der Waals surface area contributed by atoms with Crippen LogP contribution in [0.3, 0.4) is 0 Å². The van der Waals surface area contributed by atoms with E-state index in [2.05, 4.69) is 137 Å². The minimum Gasteiger partial charge on any atom is -0.505 e. The summed E-state index contributed by atoms with van der Waals surface area (Å²) in [5.74, 6) is 0.107. The van der Waals surface area contributed by atoms with Crippen molar-refractivity contribution in [3.63, 3.8) is 0 Å². The van der Waals surface area contributed by atoms with Crippen LogP contribution in [0.4, 0.5) is 5.69 Å². The lowest BCUT2D eigenvalue weighted by Gasteiger charge is -2.15. The van der Waals surface area contributed by atoms with Crippen LogP contribution in [0.1, 0.15) is 203 Å². The summed E-state index contributed by atoms with van der Waals surface area (Å²) in [7, 11) is 1.44. The van der Waals surface area contributed by atoms with Crippen molar-refractivity contribution in [1.82, 2.24) is 0 Å². The second-order valence-corrected chi connectivity index (χ2v) is 18.5. The Morgan fingerprint density at radius 3 is 0.887 bits per heavy atom.